The molecule has 0 atom stereocenters. The van der Waals surface area contributed by atoms with Gasteiger partial charge in [-0.15, -0.1) is 0 Å². The highest BCUT2D eigenvalue weighted by Gasteiger charge is 2.06. The van der Waals surface area contributed by atoms with E-state index in [-0.39, 0.29) is 0 Å². The zero-order valence-electron chi connectivity index (χ0n) is 13.7. The molecule has 3 nitrogen and oxygen atoms in total. The Morgan fingerprint density at radius 3 is 2.08 bits per heavy atom. The van der Waals surface area contributed by atoms with Crippen LogP contribution in [0.5, 0.6) is 5.75 Å². The van der Waals surface area contributed by atoms with Gasteiger partial charge in [0.15, 0.2) is 0 Å². The fraction of sp³-hybridized carbons (Fsp3) is 0.0952. The van der Waals surface area contributed by atoms with Gasteiger partial charge in [-0.1, -0.05) is 60.7 Å². The van der Waals surface area contributed by atoms with Gasteiger partial charge in [0.25, 0.3) is 0 Å². The van der Waals surface area contributed by atoms with Gasteiger partial charge in [-0.2, -0.15) is 5.10 Å². The first-order chi connectivity index (χ1) is 11.8. The first-order valence-electron chi connectivity index (χ1n) is 7.90. The van der Waals surface area contributed by atoms with E-state index < -0.39 is 0 Å². The Hall–Kier alpha value is -3.07. The average molecular weight is 316 g/mol. The standard InChI is InChI=1S/C21H20N2O/c1-24-21-14-12-20(13-15-21)23(17-19-10-6-3-7-11-19)22-16-18-8-4-2-5-9-18/h2-16H,17H2,1H3. The average Bonchev–Trinajstić information content (AvgIpc) is 2.67. The molecule has 3 aromatic carbocycles. The van der Waals surface area contributed by atoms with Gasteiger partial charge in [0.2, 0.25) is 0 Å². The monoisotopic (exact) mass is 316 g/mol. The van der Waals surface area contributed by atoms with Crippen LogP contribution in [0.3, 0.4) is 0 Å². The van der Waals surface area contributed by atoms with Crippen LogP contribution in [0.25, 0.3) is 0 Å². The topological polar surface area (TPSA) is 24.8 Å². The summed E-state index contributed by atoms with van der Waals surface area (Å²) in [6.07, 6.45) is 1.88. The number of rotatable bonds is 6. The van der Waals surface area contributed by atoms with Crippen LogP contribution < -0.4 is 9.75 Å². The summed E-state index contributed by atoms with van der Waals surface area (Å²) in [7, 11) is 1.67. The summed E-state index contributed by atoms with van der Waals surface area (Å²) in [5.74, 6) is 0.838. The lowest BCUT2D eigenvalue weighted by atomic mass is 10.2. The number of anilines is 1. The Balaban J connectivity index is 1.86. The first kappa shape index (κ1) is 15.8. The summed E-state index contributed by atoms with van der Waals surface area (Å²) in [5, 5.41) is 6.67. The third-order valence-corrected chi connectivity index (χ3v) is 3.69. The summed E-state index contributed by atoms with van der Waals surface area (Å²) in [5.41, 5.74) is 3.30. The number of hydrogen-bond donors (Lipinski definition) is 0. The third kappa shape index (κ3) is 4.23. The second-order valence-corrected chi connectivity index (χ2v) is 5.40. The van der Waals surface area contributed by atoms with Crippen molar-refractivity contribution in [3.63, 3.8) is 0 Å². The molecule has 3 rings (SSSR count). The molecule has 0 bridgehead atoms. The number of benzene rings is 3. The molecule has 0 fully saturated rings. The fourth-order valence-corrected chi connectivity index (χ4v) is 2.38. The highest BCUT2D eigenvalue weighted by molar-refractivity contribution is 5.80. The van der Waals surface area contributed by atoms with Crippen molar-refractivity contribution in [3.05, 3.63) is 96.1 Å². The van der Waals surface area contributed by atoms with Crippen molar-refractivity contribution in [2.75, 3.05) is 12.1 Å². The predicted molar refractivity (Wildman–Crippen MR) is 99.7 cm³/mol. The Labute approximate surface area is 142 Å². The van der Waals surface area contributed by atoms with Gasteiger partial charge < -0.3 is 4.74 Å². The second kappa shape index (κ2) is 7.97. The van der Waals surface area contributed by atoms with Crippen LogP contribution in [0.4, 0.5) is 5.69 Å². The number of methoxy groups -OCH3 is 1. The molecule has 0 spiro atoms. The van der Waals surface area contributed by atoms with E-state index in [2.05, 4.69) is 17.2 Å². The molecule has 0 heterocycles. The number of nitrogens with zero attached hydrogens (tertiary/aromatic N) is 2. The molecule has 120 valence electrons. The fourth-order valence-electron chi connectivity index (χ4n) is 2.38. The lowest BCUT2D eigenvalue weighted by molar-refractivity contribution is 0.415. The molecular weight excluding hydrogens is 296 g/mol. The van der Waals surface area contributed by atoms with Crippen LogP contribution >= 0.6 is 0 Å². The number of ether oxygens (including phenoxy) is 1. The van der Waals surface area contributed by atoms with Crippen LogP contribution in [0.2, 0.25) is 0 Å². The van der Waals surface area contributed by atoms with Crippen LogP contribution in [-0.4, -0.2) is 13.3 Å². The Kier molecular flexibility index (Phi) is 5.25. The van der Waals surface area contributed by atoms with Gasteiger partial charge in [-0.25, -0.2) is 0 Å². The summed E-state index contributed by atoms with van der Waals surface area (Å²) in [6.45, 7) is 0.705. The molecule has 0 saturated carbocycles. The maximum atomic E-state index is 5.24. The molecule has 0 radical (unpaired) electrons. The van der Waals surface area contributed by atoms with Crippen molar-refractivity contribution >= 4 is 11.9 Å². The summed E-state index contributed by atoms with van der Waals surface area (Å²) >= 11 is 0. The van der Waals surface area contributed by atoms with Gasteiger partial charge in [0.1, 0.15) is 5.75 Å². The summed E-state index contributed by atoms with van der Waals surface area (Å²) in [6, 6.07) is 28.4. The van der Waals surface area contributed by atoms with Gasteiger partial charge in [0.05, 0.1) is 25.6 Å². The van der Waals surface area contributed by atoms with Crippen LogP contribution in [0.15, 0.2) is 90.0 Å². The minimum Gasteiger partial charge on any atom is -0.497 e. The maximum Gasteiger partial charge on any atom is 0.119 e. The molecular formula is C21H20N2O. The molecule has 0 aliphatic rings. The SMILES string of the molecule is COc1ccc(N(Cc2ccccc2)N=Cc2ccccc2)cc1. The van der Waals surface area contributed by atoms with Crippen molar-refractivity contribution in [2.24, 2.45) is 5.10 Å². The zero-order valence-corrected chi connectivity index (χ0v) is 13.7. The molecule has 3 aromatic rings. The zero-order chi connectivity index (χ0) is 16.6. The lowest BCUT2D eigenvalue weighted by Gasteiger charge is -2.19. The van der Waals surface area contributed by atoms with E-state index >= 15 is 0 Å². The molecule has 0 aromatic heterocycles. The first-order valence-corrected chi connectivity index (χ1v) is 7.90. The van der Waals surface area contributed by atoms with E-state index in [4.69, 9.17) is 4.74 Å². The van der Waals surface area contributed by atoms with Crippen molar-refractivity contribution < 1.29 is 4.74 Å². The molecule has 0 aliphatic heterocycles. The molecule has 0 unspecified atom stereocenters. The van der Waals surface area contributed by atoms with E-state index in [0.717, 1.165) is 17.0 Å². The highest BCUT2D eigenvalue weighted by Crippen LogP contribution is 2.21. The van der Waals surface area contributed by atoms with E-state index in [1.807, 2.05) is 84.0 Å². The number of hydrogen-bond acceptors (Lipinski definition) is 3. The largest absolute Gasteiger partial charge is 0.497 e. The summed E-state index contributed by atoms with van der Waals surface area (Å²) in [4.78, 5) is 0. The van der Waals surface area contributed by atoms with Gasteiger partial charge >= 0.3 is 0 Å². The highest BCUT2D eigenvalue weighted by atomic mass is 16.5. The molecule has 0 aliphatic carbocycles. The number of hydrazone groups is 1. The van der Waals surface area contributed by atoms with Crippen molar-refractivity contribution in [1.29, 1.82) is 0 Å². The molecule has 3 heteroatoms. The van der Waals surface area contributed by atoms with Gasteiger partial charge in [0, 0.05) is 0 Å². The molecule has 24 heavy (non-hydrogen) atoms. The minimum absolute atomic E-state index is 0.705. The second-order valence-electron chi connectivity index (χ2n) is 5.40. The van der Waals surface area contributed by atoms with Crippen LogP contribution in [0.1, 0.15) is 11.1 Å². The third-order valence-electron chi connectivity index (χ3n) is 3.69. The molecule has 0 saturated heterocycles. The van der Waals surface area contributed by atoms with E-state index in [0.29, 0.717) is 6.54 Å². The minimum atomic E-state index is 0.705. The van der Waals surface area contributed by atoms with Crippen molar-refractivity contribution in [3.8, 4) is 5.75 Å². The smallest absolute Gasteiger partial charge is 0.119 e. The summed E-state index contributed by atoms with van der Waals surface area (Å²) < 4.78 is 5.24. The molecule has 0 N–H and O–H groups in total. The lowest BCUT2D eigenvalue weighted by Crippen LogP contribution is -2.16. The van der Waals surface area contributed by atoms with Crippen LogP contribution in [-0.2, 0) is 6.54 Å². The van der Waals surface area contributed by atoms with Crippen LogP contribution in [0, 0.1) is 0 Å². The maximum absolute atomic E-state index is 5.24. The van der Waals surface area contributed by atoms with Gasteiger partial charge in [-0.05, 0) is 35.4 Å². The molecule has 0 amide bonds. The predicted octanol–water partition coefficient (Wildman–Crippen LogP) is 4.74. The van der Waals surface area contributed by atoms with Crippen molar-refractivity contribution in [1.82, 2.24) is 0 Å². The van der Waals surface area contributed by atoms with E-state index in [1.165, 1.54) is 5.56 Å². The quantitative estimate of drug-likeness (QED) is 0.485. The Morgan fingerprint density at radius 1 is 0.833 bits per heavy atom. The Bertz CT molecular complexity index is 768. The Morgan fingerprint density at radius 2 is 1.46 bits per heavy atom. The van der Waals surface area contributed by atoms with E-state index in [1.54, 1.807) is 7.11 Å². The van der Waals surface area contributed by atoms with Gasteiger partial charge in [-0.3, -0.25) is 5.01 Å². The van der Waals surface area contributed by atoms with E-state index in [9.17, 15) is 0 Å². The van der Waals surface area contributed by atoms with Crippen molar-refractivity contribution in [2.45, 2.75) is 6.54 Å². The normalized spacial score (nSPS) is 10.7.